The number of aromatic nitrogens is 1. The van der Waals surface area contributed by atoms with Crippen molar-refractivity contribution in [1.82, 2.24) is 4.98 Å². The fourth-order valence-corrected chi connectivity index (χ4v) is 3.45. The minimum Gasteiger partial charge on any atom is -0.466 e. The highest BCUT2D eigenvalue weighted by Gasteiger charge is 2.50. The second kappa shape index (κ2) is 9.36. The highest BCUT2D eigenvalue weighted by molar-refractivity contribution is 5.78. The zero-order valence-electron chi connectivity index (χ0n) is 17.3. The van der Waals surface area contributed by atoms with Crippen LogP contribution in [0.15, 0.2) is 72.8 Å². The summed E-state index contributed by atoms with van der Waals surface area (Å²) in [7, 11) is 2.66. The van der Waals surface area contributed by atoms with Crippen molar-refractivity contribution in [1.29, 1.82) is 0 Å². The molecule has 0 saturated heterocycles. The average Bonchev–Trinajstić information content (AvgIpc) is 2.80. The summed E-state index contributed by atoms with van der Waals surface area (Å²) in [5.74, 6) is -1.07. The number of rotatable bonds is 8. The Morgan fingerprint density at radius 1 is 0.968 bits per heavy atom. The number of ether oxygens (including phenoxy) is 3. The lowest BCUT2D eigenvalue weighted by atomic mass is 9.81. The molecule has 1 aromatic heterocycles. The summed E-state index contributed by atoms with van der Waals surface area (Å²) in [5.41, 5.74) is -0.129. The number of carbonyl (C=O) groups is 1. The molecule has 0 saturated carbocycles. The van der Waals surface area contributed by atoms with Crippen molar-refractivity contribution in [3.8, 4) is 5.88 Å². The maximum absolute atomic E-state index is 13.0. The molecule has 0 aliphatic carbocycles. The smallest absolute Gasteiger partial charge is 0.350 e. The predicted molar refractivity (Wildman–Crippen MR) is 113 cm³/mol. The fourth-order valence-electron chi connectivity index (χ4n) is 3.45. The Morgan fingerprint density at radius 3 is 1.97 bits per heavy atom. The van der Waals surface area contributed by atoms with Gasteiger partial charge in [0.25, 0.3) is 5.88 Å². The molecule has 3 aromatic rings. The Morgan fingerprint density at radius 2 is 1.52 bits per heavy atom. The van der Waals surface area contributed by atoms with Crippen LogP contribution in [0.2, 0.25) is 0 Å². The maximum Gasteiger partial charge on any atom is 0.350 e. The standard InChI is InChI=1S/C23H22N2O6/c1-16-14-15-19(25(27)28)21(24-16)31-20(22(26)29-2)23(30-3,17-10-6-4-7-11-17)18-12-8-5-9-13-18/h4-15,20H,1-3H3. The number of carbonyl (C=O) groups excluding carboxylic acids is 1. The van der Waals surface area contributed by atoms with Gasteiger partial charge >= 0.3 is 11.7 Å². The van der Waals surface area contributed by atoms with E-state index in [0.717, 1.165) is 0 Å². The van der Waals surface area contributed by atoms with Crippen LogP contribution < -0.4 is 4.74 Å². The third-order valence-corrected chi connectivity index (χ3v) is 4.92. The Hall–Kier alpha value is -3.78. The van der Waals surface area contributed by atoms with Crippen LogP contribution in [-0.2, 0) is 19.9 Å². The van der Waals surface area contributed by atoms with Crippen molar-refractivity contribution in [3.05, 3.63) is 99.7 Å². The Kier molecular flexibility index (Phi) is 6.61. The number of aryl methyl sites for hydroxylation is 1. The third kappa shape index (κ3) is 4.24. The van der Waals surface area contributed by atoms with E-state index in [4.69, 9.17) is 14.2 Å². The number of nitro groups is 1. The van der Waals surface area contributed by atoms with E-state index < -0.39 is 22.6 Å². The fraction of sp³-hybridized carbons (Fsp3) is 0.217. The number of hydrogen-bond donors (Lipinski definition) is 0. The van der Waals surface area contributed by atoms with E-state index in [1.54, 1.807) is 55.5 Å². The summed E-state index contributed by atoms with van der Waals surface area (Å²) in [6, 6.07) is 20.8. The average molecular weight is 422 g/mol. The molecule has 8 nitrogen and oxygen atoms in total. The molecule has 31 heavy (non-hydrogen) atoms. The van der Waals surface area contributed by atoms with Gasteiger partial charge in [-0.25, -0.2) is 9.78 Å². The molecule has 0 N–H and O–H groups in total. The molecule has 8 heteroatoms. The first-order chi connectivity index (χ1) is 14.9. The summed E-state index contributed by atoms with van der Waals surface area (Å²) in [5, 5.41) is 11.6. The van der Waals surface area contributed by atoms with Crippen molar-refractivity contribution in [2.24, 2.45) is 0 Å². The van der Waals surface area contributed by atoms with Crippen molar-refractivity contribution in [3.63, 3.8) is 0 Å². The van der Waals surface area contributed by atoms with Crippen LogP contribution in [0.1, 0.15) is 16.8 Å². The van der Waals surface area contributed by atoms with Crippen molar-refractivity contribution in [2.45, 2.75) is 18.6 Å². The molecule has 0 radical (unpaired) electrons. The minimum absolute atomic E-state index is 0.298. The maximum atomic E-state index is 13.0. The number of methoxy groups -OCH3 is 2. The van der Waals surface area contributed by atoms with E-state index in [1.807, 2.05) is 12.1 Å². The van der Waals surface area contributed by atoms with Crippen molar-refractivity contribution in [2.75, 3.05) is 14.2 Å². The molecule has 0 aliphatic rings. The number of hydrogen-bond acceptors (Lipinski definition) is 7. The quantitative estimate of drug-likeness (QED) is 0.309. The van der Waals surface area contributed by atoms with E-state index in [0.29, 0.717) is 16.8 Å². The van der Waals surface area contributed by atoms with Gasteiger partial charge in [0.15, 0.2) is 5.60 Å². The van der Waals surface area contributed by atoms with E-state index in [9.17, 15) is 14.9 Å². The Balaban J connectivity index is 2.26. The zero-order valence-corrected chi connectivity index (χ0v) is 17.3. The van der Waals surface area contributed by atoms with Crippen LogP contribution in [0.25, 0.3) is 0 Å². The molecule has 2 aromatic carbocycles. The number of esters is 1. The molecule has 1 atom stereocenters. The second-order valence-corrected chi connectivity index (χ2v) is 6.73. The lowest BCUT2D eigenvalue weighted by Gasteiger charge is -2.38. The highest BCUT2D eigenvalue weighted by Crippen LogP contribution is 2.40. The molecule has 0 aliphatic heterocycles. The van der Waals surface area contributed by atoms with Crippen LogP contribution in [0.3, 0.4) is 0 Å². The van der Waals surface area contributed by atoms with E-state index in [1.165, 1.54) is 26.4 Å². The first-order valence-electron chi connectivity index (χ1n) is 9.46. The minimum atomic E-state index is -1.46. The predicted octanol–water partition coefficient (Wildman–Crippen LogP) is 3.81. The van der Waals surface area contributed by atoms with Crippen LogP contribution in [0, 0.1) is 17.0 Å². The van der Waals surface area contributed by atoms with Crippen LogP contribution in [0.5, 0.6) is 5.88 Å². The Bertz CT molecular complexity index is 1020. The molecule has 0 fully saturated rings. The molecule has 0 bridgehead atoms. The first kappa shape index (κ1) is 21.9. The van der Waals surface area contributed by atoms with Gasteiger partial charge in [-0.3, -0.25) is 10.1 Å². The van der Waals surface area contributed by atoms with Crippen LogP contribution >= 0.6 is 0 Å². The molecule has 0 amide bonds. The van der Waals surface area contributed by atoms with Gasteiger partial charge in [0.2, 0.25) is 6.10 Å². The molecule has 0 spiro atoms. The van der Waals surface area contributed by atoms with Gasteiger partial charge in [-0.15, -0.1) is 0 Å². The van der Waals surface area contributed by atoms with Gasteiger partial charge in [0, 0.05) is 18.9 Å². The SMILES string of the molecule is COC(=O)C(Oc1nc(C)ccc1[N+](=O)[O-])C(OC)(c1ccccc1)c1ccccc1. The second-order valence-electron chi connectivity index (χ2n) is 6.73. The highest BCUT2D eigenvalue weighted by atomic mass is 16.6. The van der Waals surface area contributed by atoms with Crippen molar-refractivity contribution < 1.29 is 23.9 Å². The van der Waals surface area contributed by atoms with Crippen LogP contribution in [-0.4, -0.2) is 36.2 Å². The van der Waals surface area contributed by atoms with Gasteiger partial charge in [-0.05, 0) is 24.1 Å². The zero-order chi connectivity index (χ0) is 22.4. The van der Waals surface area contributed by atoms with Gasteiger partial charge in [-0.1, -0.05) is 60.7 Å². The van der Waals surface area contributed by atoms with Gasteiger partial charge in [0.05, 0.1) is 12.0 Å². The third-order valence-electron chi connectivity index (χ3n) is 4.92. The number of pyridine rings is 1. The molecular formula is C23H22N2O6. The van der Waals surface area contributed by atoms with Gasteiger partial charge in [0.1, 0.15) is 0 Å². The van der Waals surface area contributed by atoms with Crippen LogP contribution in [0.4, 0.5) is 5.69 Å². The normalized spacial score (nSPS) is 12.1. The lowest BCUT2D eigenvalue weighted by Crippen LogP contribution is -2.51. The summed E-state index contributed by atoms with van der Waals surface area (Å²) in [6.07, 6.45) is -1.43. The molecule has 1 unspecified atom stereocenters. The number of nitrogens with zero attached hydrogens (tertiary/aromatic N) is 2. The summed E-state index contributed by atoms with van der Waals surface area (Å²) >= 11 is 0. The van der Waals surface area contributed by atoms with Crippen molar-refractivity contribution >= 4 is 11.7 Å². The molecule has 1 heterocycles. The van der Waals surface area contributed by atoms with E-state index in [-0.39, 0.29) is 11.6 Å². The summed E-state index contributed by atoms with van der Waals surface area (Å²) < 4.78 is 17.0. The largest absolute Gasteiger partial charge is 0.466 e. The molecule has 3 rings (SSSR count). The van der Waals surface area contributed by atoms with Gasteiger partial charge in [-0.2, -0.15) is 0 Å². The van der Waals surface area contributed by atoms with E-state index >= 15 is 0 Å². The summed E-state index contributed by atoms with van der Waals surface area (Å²) in [6.45, 7) is 1.67. The number of benzene rings is 2. The molecular weight excluding hydrogens is 400 g/mol. The monoisotopic (exact) mass is 422 g/mol. The van der Waals surface area contributed by atoms with E-state index in [2.05, 4.69) is 4.98 Å². The topological polar surface area (TPSA) is 101 Å². The Labute approximate surface area is 179 Å². The first-order valence-corrected chi connectivity index (χ1v) is 9.46. The summed E-state index contributed by atoms with van der Waals surface area (Å²) in [4.78, 5) is 28.1. The molecule has 160 valence electrons. The van der Waals surface area contributed by atoms with Gasteiger partial charge < -0.3 is 14.2 Å². The lowest BCUT2D eigenvalue weighted by molar-refractivity contribution is -0.386.